The van der Waals surface area contributed by atoms with E-state index in [0.717, 1.165) is 25.0 Å². The third-order valence-electron chi connectivity index (χ3n) is 1.21. The van der Waals surface area contributed by atoms with Crippen LogP contribution in [0.5, 0.6) is 0 Å². The van der Waals surface area contributed by atoms with Crippen LogP contribution >= 0.6 is 0 Å². The molecule has 0 N–H and O–H groups in total. The molecule has 0 aromatic heterocycles. The second kappa shape index (κ2) is 6.33. The summed E-state index contributed by atoms with van der Waals surface area (Å²) in [6, 6.07) is 0. The number of allylic oxidation sites excluding steroid dienone is 2. The van der Waals surface area contributed by atoms with E-state index in [0.29, 0.717) is 6.47 Å². The van der Waals surface area contributed by atoms with Crippen molar-refractivity contribution in [3.05, 3.63) is 11.8 Å². The standard InChI is InChI=1S/C8H14O2/c1-3-5-6-8(4-2)10-7-9/h6-7H,3-5H2,1-2H3/b8-6+. The molecule has 2 nitrogen and oxygen atoms in total. The van der Waals surface area contributed by atoms with Gasteiger partial charge in [-0.3, -0.25) is 4.79 Å². The Labute approximate surface area is 61.9 Å². The summed E-state index contributed by atoms with van der Waals surface area (Å²) in [4.78, 5) is 9.87. The monoisotopic (exact) mass is 142 g/mol. The average Bonchev–Trinajstić information content (AvgIpc) is 1.98. The first-order valence-corrected chi connectivity index (χ1v) is 3.64. The smallest absolute Gasteiger partial charge is 0.298 e. The Kier molecular flexibility index (Phi) is 5.83. The predicted molar refractivity (Wildman–Crippen MR) is 40.4 cm³/mol. The van der Waals surface area contributed by atoms with Crippen LogP contribution in [0.1, 0.15) is 33.1 Å². The van der Waals surface area contributed by atoms with Gasteiger partial charge in [-0.05, 0) is 12.5 Å². The molecule has 0 rings (SSSR count). The van der Waals surface area contributed by atoms with E-state index in [1.54, 1.807) is 0 Å². The molecule has 0 aliphatic rings. The molecule has 2 heteroatoms. The van der Waals surface area contributed by atoms with E-state index in [2.05, 4.69) is 11.7 Å². The van der Waals surface area contributed by atoms with E-state index in [-0.39, 0.29) is 0 Å². The first-order chi connectivity index (χ1) is 4.85. The summed E-state index contributed by atoms with van der Waals surface area (Å²) < 4.78 is 4.67. The zero-order valence-corrected chi connectivity index (χ0v) is 6.59. The third-order valence-corrected chi connectivity index (χ3v) is 1.21. The van der Waals surface area contributed by atoms with Crippen molar-refractivity contribution in [1.29, 1.82) is 0 Å². The van der Waals surface area contributed by atoms with Crippen LogP contribution in [0.4, 0.5) is 0 Å². The van der Waals surface area contributed by atoms with Gasteiger partial charge >= 0.3 is 0 Å². The lowest BCUT2D eigenvalue weighted by molar-refractivity contribution is -0.125. The zero-order valence-electron chi connectivity index (χ0n) is 6.59. The van der Waals surface area contributed by atoms with E-state index in [1.165, 1.54) is 0 Å². The Morgan fingerprint density at radius 3 is 2.60 bits per heavy atom. The normalized spacial score (nSPS) is 11.2. The SMILES string of the molecule is CCC/C=C(\CC)OC=O. The number of hydrogen-bond acceptors (Lipinski definition) is 2. The fraction of sp³-hybridized carbons (Fsp3) is 0.625. The molecule has 0 heterocycles. The van der Waals surface area contributed by atoms with Gasteiger partial charge in [0.15, 0.2) is 0 Å². The van der Waals surface area contributed by atoms with Crippen LogP contribution in [-0.4, -0.2) is 6.47 Å². The summed E-state index contributed by atoms with van der Waals surface area (Å²) in [5.41, 5.74) is 0. The predicted octanol–water partition coefficient (Wildman–Crippen LogP) is 2.25. The van der Waals surface area contributed by atoms with Crippen LogP contribution < -0.4 is 0 Å². The lowest BCUT2D eigenvalue weighted by atomic mass is 10.2. The van der Waals surface area contributed by atoms with Crippen LogP contribution in [0.3, 0.4) is 0 Å². The first kappa shape index (κ1) is 9.21. The molecule has 0 aromatic carbocycles. The highest BCUT2D eigenvalue weighted by molar-refractivity contribution is 5.39. The van der Waals surface area contributed by atoms with Gasteiger partial charge in [0, 0.05) is 6.42 Å². The molecule has 58 valence electrons. The number of rotatable bonds is 5. The Morgan fingerprint density at radius 1 is 1.50 bits per heavy atom. The average molecular weight is 142 g/mol. The highest BCUT2D eigenvalue weighted by Crippen LogP contribution is 2.03. The van der Waals surface area contributed by atoms with Gasteiger partial charge in [-0.2, -0.15) is 0 Å². The third kappa shape index (κ3) is 4.13. The minimum absolute atomic E-state index is 0.477. The molecule has 0 aromatic rings. The number of hydrogen-bond donors (Lipinski definition) is 0. The maximum atomic E-state index is 9.87. The van der Waals surface area contributed by atoms with Crippen molar-refractivity contribution in [2.75, 3.05) is 0 Å². The van der Waals surface area contributed by atoms with Gasteiger partial charge in [-0.1, -0.05) is 20.3 Å². The fourth-order valence-electron chi connectivity index (χ4n) is 0.643. The van der Waals surface area contributed by atoms with E-state index in [1.807, 2.05) is 13.0 Å². The minimum atomic E-state index is 0.477. The molecule has 0 saturated heterocycles. The molecule has 0 fully saturated rings. The number of ether oxygens (including phenoxy) is 1. The van der Waals surface area contributed by atoms with E-state index in [9.17, 15) is 4.79 Å². The highest BCUT2D eigenvalue weighted by Gasteiger charge is 1.90. The van der Waals surface area contributed by atoms with Crippen LogP contribution in [0, 0.1) is 0 Å². The van der Waals surface area contributed by atoms with Gasteiger partial charge in [-0.15, -0.1) is 0 Å². The van der Waals surface area contributed by atoms with Crippen LogP contribution in [-0.2, 0) is 9.53 Å². The molecule has 0 saturated carbocycles. The van der Waals surface area contributed by atoms with Crippen LogP contribution in [0.2, 0.25) is 0 Å². The highest BCUT2D eigenvalue weighted by atomic mass is 16.5. The van der Waals surface area contributed by atoms with Crippen LogP contribution in [0.25, 0.3) is 0 Å². The van der Waals surface area contributed by atoms with Gasteiger partial charge in [0.25, 0.3) is 6.47 Å². The van der Waals surface area contributed by atoms with Crippen molar-refractivity contribution in [1.82, 2.24) is 0 Å². The van der Waals surface area contributed by atoms with Crippen molar-refractivity contribution in [2.45, 2.75) is 33.1 Å². The second-order valence-electron chi connectivity index (χ2n) is 2.03. The van der Waals surface area contributed by atoms with Crippen LogP contribution in [0.15, 0.2) is 11.8 Å². The summed E-state index contributed by atoms with van der Waals surface area (Å²) in [7, 11) is 0. The second-order valence-corrected chi connectivity index (χ2v) is 2.03. The van der Waals surface area contributed by atoms with Gasteiger partial charge in [0.2, 0.25) is 0 Å². The van der Waals surface area contributed by atoms with Gasteiger partial charge in [0.05, 0.1) is 0 Å². The Morgan fingerprint density at radius 2 is 2.20 bits per heavy atom. The maximum absolute atomic E-state index is 9.87. The molecular formula is C8H14O2. The van der Waals surface area contributed by atoms with Crippen molar-refractivity contribution in [3.63, 3.8) is 0 Å². The lowest BCUT2D eigenvalue weighted by Gasteiger charge is -1.98. The lowest BCUT2D eigenvalue weighted by Crippen LogP contribution is -1.87. The molecule has 0 spiro atoms. The zero-order chi connectivity index (χ0) is 7.82. The molecule has 0 bridgehead atoms. The Hall–Kier alpha value is -0.790. The summed E-state index contributed by atoms with van der Waals surface area (Å²) in [6.45, 7) is 4.53. The van der Waals surface area contributed by atoms with E-state index >= 15 is 0 Å². The largest absolute Gasteiger partial charge is 0.434 e. The summed E-state index contributed by atoms with van der Waals surface area (Å²) >= 11 is 0. The number of unbranched alkanes of at least 4 members (excludes halogenated alkanes) is 1. The topological polar surface area (TPSA) is 26.3 Å². The molecule has 0 radical (unpaired) electrons. The van der Waals surface area contributed by atoms with E-state index in [4.69, 9.17) is 0 Å². The molecule has 10 heavy (non-hydrogen) atoms. The minimum Gasteiger partial charge on any atom is -0.434 e. The van der Waals surface area contributed by atoms with Gasteiger partial charge < -0.3 is 4.74 Å². The molecule has 0 amide bonds. The molecule has 0 aliphatic carbocycles. The van der Waals surface area contributed by atoms with Gasteiger partial charge in [-0.25, -0.2) is 0 Å². The summed E-state index contributed by atoms with van der Waals surface area (Å²) in [5.74, 6) is 0.775. The van der Waals surface area contributed by atoms with E-state index < -0.39 is 0 Å². The number of carbonyl (C=O) groups is 1. The van der Waals surface area contributed by atoms with Gasteiger partial charge in [0.1, 0.15) is 5.76 Å². The molecular weight excluding hydrogens is 128 g/mol. The molecule has 0 unspecified atom stereocenters. The number of carbonyl (C=O) groups excluding carboxylic acids is 1. The Balaban J connectivity index is 3.65. The summed E-state index contributed by atoms with van der Waals surface area (Å²) in [5, 5.41) is 0. The first-order valence-electron chi connectivity index (χ1n) is 3.64. The van der Waals surface area contributed by atoms with Crippen molar-refractivity contribution >= 4 is 6.47 Å². The molecule has 0 atom stereocenters. The Bertz CT molecular complexity index is 116. The maximum Gasteiger partial charge on any atom is 0.298 e. The van der Waals surface area contributed by atoms with Crippen molar-refractivity contribution in [3.8, 4) is 0 Å². The quantitative estimate of drug-likeness (QED) is 0.434. The van der Waals surface area contributed by atoms with Crippen molar-refractivity contribution in [2.24, 2.45) is 0 Å². The summed E-state index contributed by atoms with van der Waals surface area (Å²) in [6.07, 6.45) is 4.82. The van der Waals surface area contributed by atoms with Crippen molar-refractivity contribution < 1.29 is 9.53 Å². The fourth-order valence-corrected chi connectivity index (χ4v) is 0.643. The molecule has 0 aliphatic heterocycles.